The number of esters is 1. The van der Waals surface area contributed by atoms with Crippen LogP contribution in [0.5, 0.6) is 0 Å². The molecule has 1 unspecified atom stereocenters. The van der Waals surface area contributed by atoms with Crippen molar-refractivity contribution in [2.45, 2.75) is 38.1 Å². The summed E-state index contributed by atoms with van der Waals surface area (Å²) in [7, 11) is 1.31. The molecule has 0 bridgehead atoms. The third-order valence-electron chi connectivity index (χ3n) is 5.40. The van der Waals surface area contributed by atoms with Gasteiger partial charge in [0.05, 0.1) is 13.7 Å². The maximum atomic E-state index is 13.0. The van der Waals surface area contributed by atoms with E-state index in [-0.39, 0.29) is 24.4 Å². The van der Waals surface area contributed by atoms with Crippen molar-refractivity contribution in [2.75, 3.05) is 32.1 Å². The summed E-state index contributed by atoms with van der Waals surface area (Å²) in [6.45, 7) is 0.881. The highest BCUT2D eigenvalue weighted by Gasteiger charge is 2.40. The molecule has 3 rings (SSSR count). The molecule has 1 heterocycles. The van der Waals surface area contributed by atoms with Gasteiger partial charge in [-0.25, -0.2) is 9.59 Å². The van der Waals surface area contributed by atoms with Gasteiger partial charge in [0.25, 0.3) is 0 Å². The maximum absolute atomic E-state index is 13.0. The molecule has 2 aliphatic rings. The molecule has 1 atom stereocenters. The van der Waals surface area contributed by atoms with Crippen molar-refractivity contribution in [3.63, 3.8) is 0 Å². The monoisotopic (exact) mass is 373 g/mol. The largest absolute Gasteiger partial charge is 0.467 e. The van der Waals surface area contributed by atoms with E-state index in [9.17, 15) is 14.4 Å². The smallest absolute Gasteiger partial charge is 0.330 e. The number of ether oxygens (including phenoxy) is 1. The lowest BCUT2D eigenvalue weighted by Crippen LogP contribution is -2.61. The van der Waals surface area contributed by atoms with Crippen molar-refractivity contribution in [1.82, 2.24) is 9.80 Å². The molecular weight excluding hydrogens is 346 g/mol. The SMILES string of the molecule is COC(=O)C1CN(C(=O)Nc2ccccc2)CCN1C(=O)C1CCCCC1. The van der Waals surface area contributed by atoms with E-state index in [1.54, 1.807) is 21.9 Å². The Bertz CT molecular complexity index is 673. The average Bonchev–Trinajstić information content (AvgIpc) is 2.73. The summed E-state index contributed by atoms with van der Waals surface area (Å²) in [4.78, 5) is 41.0. The van der Waals surface area contributed by atoms with E-state index in [2.05, 4.69) is 5.32 Å². The second kappa shape index (κ2) is 8.88. The third kappa shape index (κ3) is 4.59. The zero-order valence-electron chi connectivity index (χ0n) is 15.7. The lowest BCUT2D eigenvalue weighted by atomic mass is 9.87. The quantitative estimate of drug-likeness (QED) is 0.826. The molecular formula is C20H27N3O4. The molecule has 27 heavy (non-hydrogen) atoms. The predicted molar refractivity (Wildman–Crippen MR) is 101 cm³/mol. The van der Waals surface area contributed by atoms with Gasteiger partial charge in [-0.1, -0.05) is 37.5 Å². The van der Waals surface area contributed by atoms with E-state index in [1.165, 1.54) is 7.11 Å². The number of piperazine rings is 1. The molecule has 7 nitrogen and oxygen atoms in total. The van der Waals surface area contributed by atoms with Crippen LogP contribution in [-0.2, 0) is 14.3 Å². The normalized spacial score (nSPS) is 20.9. The van der Waals surface area contributed by atoms with Crippen LogP contribution in [0.15, 0.2) is 30.3 Å². The number of anilines is 1. The number of hydrogen-bond donors (Lipinski definition) is 1. The van der Waals surface area contributed by atoms with Crippen LogP contribution in [0.25, 0.3) is 0 Å². The third-order valence-corrected chi connectivity index (χ3v) is 5.40. The number of rotatable bonds is 3. The molecule has 1 aliphatic heterocycles. The van der Waals surface area contributed by atoms with Crippen LogP contribution in [0, 0.1) is 5.92 Å². The molecule has 1 aromatic carbocycles. The maximum Gasteiger partial charge on any atom is 0.330 e. The Hall–Kier alpha value is -2.57. The lowest BCUT2D eigenvalue weighted by Gasteiger charge is -2.41. The van der Waals surface area contributed by atoms with Gasteiger partial charge in [0.15, 0.2) is 0 Å². The summed E-state index contributed by atoms with van der Waals surface area (Å²) in [5.41, 5.74) is 0.692. The van der Waals surface area contributed by atoms with Gasteiger partial charge >= 0.3 is 12.0 Å². The molecule has 2 fully saturated rings. The summed E-state index contributed by atoms with van der Waals surface area (Å²) in [5, 5.41) is 2.83. The minimum Gasteiger partial charge on any atom is -0.467 e. The summed E-state index contributed by atoms with van der Waals surface area (Å²) in [5.74, 6) is -0.472. The van der Waals surface area contributed by atoms with E-state index in [1.807, 2.05) is 18.2 Å². The van der Waals surface area contributed by atoms with Gasteiger partial charge < -0.3 is 19.9 Å². The minimum atomic E-state index is -0.750. The van der Waals surface area contributed by atoms with Crippen LogP contribution < -0.4 is 5.32 Å². The second-order valence-electron chi connectivity index (χ2n) is 7.15. The predicted octanol–water partition coefficient (Wildman–Crippen LogP) is 2.48. The summed E-state index contributed by atoms with van der Waals surface area (Å²) >= 11 is 0. The van der Waals surface area contributed by atoms with E-state index < -0.39 is 12.0 Å². The summed E-state index contributed by atoms with van der Waals surface area (Å²) in [6, 6.07) is 8.14. The first-order valence-electron chi connectivity index (χ1n) is 9.59. The van der Waals surface area contributed by atoms with Crippen molar-refractivity contribution in [3.8, 4) is 0 Å². The van der Waals surface area contributed by atoms with Gasteiger partial charge in [-0.2, -0.15) is 0 Å². The Kier molecular flexibility index (Phi) is 6.32. The average molecular weight is 373 g/mol. The van der Waals surface area contributed by atoms with Crippen LogP contribution in [0.3, 0.4) is 0 Å². The van der Waals surface area contributed by atoms with E-state index >= 15 is 0 Å². The van der Waals surface area contributed by atoms with Crippen molar-refractivity contribution in [1.29, 1.82) is 0 Å². The first-order chi connectivity index (χ1) is 13.1. The van der Waals surface area contributed by atoms with Gasteiger partial charge in [0.2, 0.25) is 5.91 Å². The van der Waals surface area contributed by atoms with E-state index in [0.29, 0.717) is 18.8 Å². The molecule has 7 heteroatoms. The Morgan fingerprint density at radius 1 is 1.04 bits per heavy atom. The number of carbonyl (C=O) groups is 3. The Balaban J connectivity index is 1.67. The highest BCUT2D eigenvalue weighted by molar-refractivity contribution is 5.91. The minimum absolute atomic E-state index is 0.0180. The molecule has 0 aromatic heterocycles. The number of urea groups is 1. The Labute approximate surface area is 159 Å². The molecule has 146 valence electrons. The number of benzene rings is 1. The fourth-order valence-electron chi connectivity index (χ4n) is 3.88. The second-order valence-corrected chi connectivity index (χ2v) is 7.15. The fraction of sp³-hybridized carbons (Fsp3) is 0.550. The highest BCUT2D eigenvalue weighted by Crippen LogP contribution is 2.27. The zero-order chi connectivity index (χ0) is 19.2. The zero-order valence-corrected chi connectivity index (χ0v) is 15.7. The molecule has 1 saturated carbocycles. The Morgan fingerprint density at radius 3 is 2.41 bits per heavy atom. The van der Waals surface area contributed by atoms with Gasteiger partial charge in [0.1, 0.15) is 6.04 Å². The number of nitrogens with one attached hydrogen (secondary N) is 1. The van der Waals surface area contributed by atoms with Gasteiger partial charge in [-0.05, 0) is 25.0 Å². The molecule has 0 radical (unpaired) electrons. The number of hydrogen-bond acceptors (Lipinski definition) is 4. The van der Waals surface area contributed by atoms with Crippen LogP contribution in [-0.4, -0.2) is 60.5 Å². The first-order valence-corrected chi connectivity index (χ1v) is 9.59. The fourth-order valence-corrected chi connectivity index (χ4v) is 3.88. The van der Waals surface area contributed by atoms with Crippen LogP contribution >= 0.6 is 0 Å². The molecule has 1 aliphatic carbocycles. The highest BCUT2D eigenvalue weighted by atomic mass is 16.5. The van der Waals surface area contributed by atoms with Crippen molar-refractivity contribution in [3.05, 3.63) is 30.3 Å². The van der Waals surface area contributed by atoms with Gasteiger partial charge in [0, 0.05) is 24.7 Å². The molecule has 1 N–H and O–H groups in total. The molecule has 3 amide bonds. The van der Waals surface area contributed by atoms with E-state index in [4.69, 9.17) is 4.74 Å². The van der Waals surface area contributed by atoms with Crippen LogP contribution in [0.1, 0.15) is 32.1 Å². The molecule has 1 aromatic rings. The summed E-state index contributed by atoms with van der Waals surface area (Å²) < 4.78 is 4.91. The van der Waals surface area contributed by atoms with Crippen molar-refractivity contribution < 1.29 is 19.1 Å². The standard InChI is InChI=1S/C20H27N3O4/c1-27-19(25)17-14-22(20(26)21-16-10-6-3-7-11-16)12-13-23(17)18(24)15-8-4-2-5-9-15/h3,6-7,10-11,15,17H,2,4-5,8-9,12-14H2,1H3,(H,21,26). The lowest BCUT2D eigenvalue weighted by molar-refractivity contribution is -0.157. The van der Waals surface area contributed by atoms with Gasteiger partial charge in [-0.3, -0.25) is 4.79 Å². The first kappa shape index (κ1) is 19.2. The number of para-hydroxylation sites is 1. The van der Waals surface area contributed by atoms with E-state index in [0.717, 1.165) is 32.1 Å². The van der Waals surface area contributed by atoms with Crippen LogP contribution in [0.2, 0.25) is 0 Å². The molecule has 1 saturated heterocycles. The number of carbonyl (C=O) groups excluding carboxylic acids is 3. The van der Waals surface area contributed by atoms with Gasteiger partial charge in [-0.15, -0.1) is 0 Å². The summed E-state index contributed by atoms with van der Waals surface area (Å²) in [6.07, 6.45) is 5.03. The van der Waals surface area contributed by atoms with Crippen molar-refractivity contribution in [2.24, 2.45) is 5.92 Å². The number of nitrogens with zero attached hydrogens (tertiary/aromatic N) is 2. The Morgan fingerprint density at radius 2 is 1.74 bits per heavy atom. The topological polar surface area (TPSA) is 79.0 Å². The number of amides is 3. The molecule has 0 spiro atoms. The van der Waals surface area contributed by atoms with Crippen LogP contribution in [0.4, 0.5) is 10.5 Å². The van der Waals surface area contributed by atoms with Crippen molar-refractivity contribution >= 4 is 23.6 Å². The number of methoxy groups -OCH3 is 1.